The molecule has 0 bridgehead atoms. The molecule has 0 aliphatic carbocycles. The summed E-state index contributed by atoms with van der Waals surface area (Å²) in [6.45, 7) is 3.33. The van der Waals surface area contributed by atoms with Crippen molar-refractivity contribution in [1.82, 2.24) is 0 Å². The summed E-state index contributed by atoms with van der Waals surface area (Å²) < 4.78 is 13.6. The fourth-order valence-corrected chi connectivity index (χ4v) is 1.83. The highest BCUT2D eigenvalue weighted by molar-refractivity contribution is 6.00. The summed E-state index contributed by atoms with van der Waals surface area (Å²) in [7, 11) is 0. The second kappa shape index (κ2) is 5.10. The molecule has 2 aromatic rings. The van der Waals surface area contributed by atoms with Gasteiger partial charge >= 0.3 is 0 Å². The van der Waals surface area contributed by atoms with Crippen molar-refractivity contribution in [3.8, 4) is 0 Å². The molecule has 0 aliphatic rings. The van der Waals surface area contributed by atoms with Crippen LogP contribution in [0, 0.1) is 12.7 Å². The molecule has 3 N–H and O–H groups in total. The van der Waals surface area contributed by atoms with E-state index in [9.17, 15) is 9.18 Å². The van der Waals surface area contributed by atoms with Crippen LogP contribution in [0.15, 0.2) is 36.4 Å². The summed E-state index contributed by atoms with van der Waals surface area (Å²) in [6.07, 6.45) is 0. The van der Waals surface area contributed by atoms with E-state index in [0.29, 0.717) is 22.6 Å². The quantitative estimate of drug-likeness (QED) is 0.652. The van der Waals surface area contributed by atoms with Gasteiger partial charge in [-0.2, -0.15) is 0 Å². The first-order chi connectivity index (χ1) is 8.97. The number of aryl methyl sites for hydroxylation is 1. The van der Waals surface area contributed by atoms with Gasteiger partial charge in [0.25, 0.3) is 0 Å². The zero-order chi connectivity index (χ0) is 14.0. The Balaban J connectivity index is 2.36. The van der Waals surface area contributed by atoms with Crippen LogP contribution < -0.4 is 11.1 Å². The Labute approximate surface area is 111 Å². The molecule has 0 amide bonds. The van der Waals surface area contributed by atoms with Crippen molar-refractivity contribution >= 4 is 22.8 Å². The topological polar surface area (TPSA) is 55.1 Å². The van der Waals surface area contributed by atoms with Gasteiger partial charge in [-0.15, -0.1) is 0 Å². The average Bonchev–Trinajstić information content (AvgIpc) is 2.36. The van der Waals surface area contributed by atoms with Crippen LogP contribution in [0.5, 0.6) is 0 Å². The van der Waals surface area contributed by atoms with Crippen molar-refractivity contribution in [2.45, 2.75) is 13.8 Å². The number of carbonyl (C=O) groups excluding carboxylic acids is 1. The van der Waals surface area contributed by atoms with E-state index in [-0.39, 0.29) is 11.6 Å². The molecule has 0 aromatic heterocycles. The normalized spacial score (nSPS) is 10.3. The zero-order valence-electron chi connectivity index (χ0n) is 10.8. The van der Waals surface area contributed by atoms with Crippen LogP contribution in [0.2, 0.25) is 0 Å². The van der Waals surface area contributed by atoms with Crippen LogP contribution in [0.25, 0.3) is 0 Å². The maximum atomic E-state index is 13.6. The molecule has 0 spiro atoms. The fourth-order valence-electron chi connectivity index (χ4n) is 1.83. The number of nitrogens with two attached hydrogens (primary N) is 1. The summed E-state index contributed by atoms with van der Waals surface area (Å²) in [5.74, 6) is -0.460. The number of hydrogen-bond donors (Lipinski definition) is 2. The molecule has 2 aromatic carbocycles. The fraction of sp³-hybridized carbons (Fsp3) is 0.133. The van der Waals surface area contributed by atoms with Gasteiger partial charge in [-0.1, -0.05) is 6.07 Å². The lowest BCUT2D eigenvalue weighted by Crippen LogP contribution is -2.01. The van der Waals surface area contributed by atoms with Gasteiger partial charge in [0, 0.05) is 16.9 Å². The van der Waals surface area contributed by atoms with Crippen molar-refractivity contribution in [2.24, 2.45) is 0 Å². The molecule has 0 saturated carbocycles. The maximum Gasteiger partial charge on any atom is 0.161 e. The SMILES string of the molecule is CC(=O)c1cc(Nc2cc(C)ccc2F)ccc1N. The molecule has 4 heteroatoms. The Morgan fingerprint density at radius 3 is 2.63 bits per heavy atom. The smallest absolute Gasteiger partial charge is 0.161 e. The number of benzene rings is 2. The van der Waals surface area contributed by atoms with E-state index >= 15 is 0 Å². The summed E-state index contributed by atoms with van der Waals surface area (Å²) >= 11 is 0. The third-order valence-corrected chi connectivity index (χ3v) is 2.83. The summed E-state index contributed by atoms with van der Waals surface area (Å²) in [5.41, 5.74) is 8.52. The molecule has 0 heterocycles. The number of nitrogen functional groups attached to an aromatic ring is 1. The molecule has 0 unspecified atom stereocenters. The minimum Gasteiger partial charge on any atom is -0.398 e. The first kappa shape index (κ1) is 13.1. The Bertz CT molecular complexity index is 638. The summed E-state index contributed by atoms with van der Waals surface area (Å²) in [4.78, 5) is 11.4. The molecule has 98 valence electrons. The van der Waals surface area contributed by atoms with Gasteiger partial charge < -0.3 is 11.1 Å². The minimum absolute atomic E-state index is 0.120. The van der Waals surface area contributed by atoms with Crippen LogP contribution >= 0.6 is 0 Å². The maximum absolute atomic E-state index is 13.6. The van der Waals surface area contributed by atoms with Gasteiger partial charge in [0.1, 0.15) is 5.82 Å². The Kier molecular flexibility index (Phi) is 3.51. The number of ketones is 1. The highest BCUT2D eigenvalue weighted by atomic mass is 19.1. The highest BCUT2D eigenvalue weighted by Crippen LogP contribution is 2.24. The molecule has 2 rings (SSSR count). The monoisotopic (exact) mass is 258 g/mol. The molecule has 0 aliphatic heterocycles. The van der Waals surface area contributed by atoms with Crippen molar-refractivity contribution in [3.05, 3.63) is 53.3 Å². The molecular weight excluding hydrogens is 243 g/mol. The van der Waals surface area contributed by atoms with Gasteiger partial charge in [-0.25, -0.2) is 4.39 Å². The summed E-state index contributed by atoms with van der Waals surface area (Å²) in [6, 6.07) is 9.78. The van der Waals surface area contributed by atoms with Crippen LogP contribution in [-0.2, 0) is 0 Å². The molecule has 19 heavy (non-hydrogen) atoms. The van der Waals surface area contributed by atoms with Crippen molar-refractivity contribution in [1.29, 1.82) is 0 Å². The van der Waals surface area contributed by atoms with Gasteiger partial charge in [0.15, 0.2) is 5.78 Å². The van der Waals surface area contributed by atoms with E-state index in [0.717, 1.165) is 5.56 Å². The third-order valence-electron chi connectivity index (χ3n) is 2.83. The Hall–Kier alpha value is -2.36. The lowest BCUT2D eigenvalue weighted by molar-refractivity contribution is 0.101. The molecular formula is C15H15FN2O. The number of anilines is 3. The first-order valence-corrected chi connectivity index (χ1v) is 5.91. The first-order valence-electron chi connectivity index (χ1n) is 5.91. The van der Waals surface area contributed by atoms with Gasteiger partial charge in [0.2, 0.25) is 0 Å². The predicted molar refractivity (Wildman–Crippen MR) is 75.3 cm³/mol. The lowest BCUT2D eigenvalue weighted by Gasteiger charge is -2.10. The van der Waals surface area contributed by atoms with Crippen LogP contribution in [-0.4, -0.2) is 5.78 Å². The number of rotatable bonds is 3. The second-order valence-corrected chi connectivity index (χ2v) is 4.47. The average molecular weight is 258 g/mol. The molecule has 0 radical (unpaired) electrons. The van der Waals surface area contributed by atoms with E-state index in [2.05, 4.69) is 5.32 Å². The van der Waals surface area contributed by atoms with Crippen LogP contribution in [0.4, 0.5) is 21.5 Å². The van der Waals surface area contributed by atoms with Crippen LogP contribution in [0.3, 0.4) is 0 Å². The standard InChI is InChI=1S/C15H15FN2O/c1-9-3-5-13(16)15(7-9)18-11-4-6-14(17)12(8-11)10(2)19/h3-8,18H,17H2,1-2H3. The molecule has 0 fully saturated rings. The largest absolute Gasteiger partial charge is 0.398 e. The number of carbonyl (C=O) groups is 1. The number of halogens is 1. The predicted octanol–water partition coefficient (Wildman–Crippen LogP) is 3.66. The minimum atomic E-state index is -0.341. The Morgan fingerprint density at radius 2 is 1.95 bits per heavy atom. The second-order valence-electron chi connectivity index (χ2n) is 4.47. The third kappa shape index (κ3) is 2.91. The van der Waals surface area contributed by atoms with Crippen molar-refractivity contribution in [3.63, 3.8) is 0 Å². The van der Waals surface area contributed by atoms with Crippen molar-refractivity contribution in [2.75, 3.05) is 11.1 Å². The van der Waals surface area contributed by atoms with E-state index in [4.69, 9.17) is 5.73 Å². The van der Waals surface area contributed by atoms with Gasteiger partial charge in [-0.05, 0) is 49.7 Å². The highest BCUT2D eigenvalue weighted by Gasteiger charge is 2.07. The van der Waals surface area contributed by atoms with Gasteiger partial charge in [-0.3, -0.25) is 4.79 Å². The van der Waals surface area contributed by atoms with Gasteiger partial charge in [0.05, 0.1) is 5.69 Å². The molecule has 0 saturated heterocycles. The van der Waals surface area contributed by atoms with E-state index in [1.165, 1.54) is 13.0 Å². The zero-order valence-corrected chi connectivity index (χ0v) is 10.8. The number of Topliss-reactive ketones (excluding diaryl/α,β-unsaturated/α-hetero) is 1. The Morgan fingerprint density at radius 1 is 1.21 bits per heavy atom. The summed E-state index contributed by atoms with van der Waals surface area (Å²) in [5, 5.41) is 2.95. The molecule has 0 atom stereocenters. The number of nitrogens with one attached hydrogen (secondary N) is 1. The van der Waals surface area contributed by atoms with E-state index in [1.807, 2.05) is 6.92 Å². The van der Waals surface area contributed by atoms with E-state index in [1.54, 1.807) is 30.3 Å². The molecule has 3 nitrogen and oxygen atoms in total. The lowest BCUT2D eigenvalue weighted by atomic mass is 10.1. The number of hydrogen-bond acceptors (Lipinski definition) is 3. The van der Waals surface area contributed by atoms with E-state index < -0.39 is 0 Å². The van der Waals surface area contributed by atoms with Crippen LogP contribution in [0.1, 0.15) is 22.8 Å². The van der Waals surface area contributed by atoms with Crippen molar-refractivity contribution < 1.29 is 9.18 Å².